The summed E-state index contributed by atoms with van der Waals surface area (Å²) in [5.74, 6) is -3.26. The third kappa shape index (κ3) is 5.09. The monoisotopic (exact) mass is 472 g/mol. The molecule has 9 heteroatoms. The first kappa shape index (κ1) is 23.0. The van der Waals surface area contributed by atoms with Crippen LogP contribution in [-0.2, 0) is 19.6 Å². The van der Waals surface area contributed by atoms with Crippen molar-refractivity contribution in [3.63, 3.8) is 0 Å². The Kier molecular flexibility index (Phi) is 6.80. The normalized spacial score (nSPS) is 16.3. The molecule has 2 heterocycles. The molecule has 6 nitrogen and oxygen atoms in total. The molecule has 33 heavy (non-hydrogen) atoms. The fourth-order valence-corrected chi connectivity index (χ4v) is 5.27. The summed E-state index contributed by atoms with van der Waals surface area (Å²) in [5, 5.41) is 0. The molecule has 1 aliphatic heterocycles. The summed E-state index contributed by atoms with van der Waals surface area (Å²) >= 11 is 0. The Labute approximate surface area is 190 Å². The van der Waals surface area contributed by atoms with Gasteiger partial charge < -0.3 is 4.74 Å². The van der Waals surface area contributed by atoms with E-state index in [4.69, 9.17) is 4.74 Å². The standard InChI is InChI=1S/C24H22F2N2O4S/c25-20-10-9-19(16-21(20)26)33(30,31)28-14-11-18(12-15-28)24(29)32-23(17-6-2-1-3-7-17)22-8-4-5-13-27-22/h1-10,13,16,18,23H,11-12,14-15H2. The summed E-state index contributed by atoms with van der Waals surface area (Å²) in [6.45, 7) is 0.140. The molecule has 1 atom stereocenters. The van der Waals surface area contributed by atoms with Gasteiger partial charge in [0.2, 0.25) is 10.0 Å². The van der Waals surface area contributed by atoms with Crippen molar-refractivity contribution in [2.75, 3.05) is 13.1 Å². The minimum Gasteiger partial charge on any atom is -0.451 e. The van der Waals surface area contributed by atoms with Gasteiger partial charge in [-0.2, -0.15) is 4.31 Å². The van der Waals surface area contributed by atoms with Crippen LogP contribution in [0.1, 0.15) is 30.2 Å². The lowest BCUT2D eigenvalue weighted by atomic mass is 9.98. The maximum absolute atomic E-state index is 13.5. The second-order valence-electron chi connectivity index (χ2n) is 7.74. The van der Waals surface area contributed by atoms with Crippen LogP contribution in [0.15, 0.2) is 77.8 Å². The van der Waals surface area contributed by atoms with Gasteiger partial charge in [-0.25, -0.2) is 17.2 Å². The molecule has 0 spiro atoms. The Bertz CT molecular complexity index is 1180. The van der Waals surface area contributed by atoms with Crippen LogP contribution >= 0.6 is 0 Å². The average molecular weight is 473 g/mol. The van der Waals surface area contributed by atoms with E-state index in [0.29, 0.717) is 11.8 Å². The number of carbonyl (C=O) groups excluding carboxylic acids is 1. The molecular formula is C24H22F2N2O4S. The highest BCUT2D eigenvalue weighted by Gasteiger charge is 2.34. The predicted octanol–water partition coefficient (Wildman–Crippen LogP) is 4.09. The molecule has 0 amide bonds. The highest BCUT2D eigenvalue weighted by atomic mass is 32.2. The molecule has 1 unspecified atom stereocenters. The number of hydrogen-bond acceptors (Lipinski definition) is 5. The highest BCUT2D eigenvalue weighted by Crippen LogP contribution is 2.29. The summed E-state index contributed by atoms with van der Waals surface area (Å²) in [5.41, 5.74) is 1.37. The fraction of sp³-hybridized carbons (Fsp3) is 0.250. The van der Waals surface area contributed by atoms with Gasteiger partial charge in [-0.3, -0.25) is 9.78 Å². The van der Waals surface area contributed by atoms with Gasteiger partial charge in [0, 0.05) is 19.3 Å². The lowest BCUT2D eigenvalue weighted by Crippen LogP contribution is -2.40. The van der Waals surface area contributed by atoms with Gasteiger partial charge in [-0.1, -0.05) is 36.4 Å². The topological polar surface area (TPSA) is 76.6 Å². The van der Waals surface area contributed by atoms with E-state index in [-0.39, 0.29) is 30.8 Å². The van der Waals surface area contributed by atoms with Gasteiger partial charge in [0.05, 0.1) is 16.5 Å². The number of esters is 1. The Balaban J connectivity index is 1.45. The zero-order chi connectivity index (χ0) is 23.4. The Morgan fingerprint density at radius 3 is 2.30 bits per heavy atom. The zero-order valence-electron chi connectivity index (χ0n) is 17.6. The van der Waals surface area contributed by atoms with Gasteiger partial charge in [0.1, 0.15) is 0 Å². The number of carbonyl (C=O) groups is 1. The van der Waals surface area contributed by atoms with Crippen molar-refractivity contribution in [2.45, 2.75) is 23.8 Å². The summed E-state index contributed by atoms with van der Waals surface area (Å²) in [6, 6.07) is 17.1. The van der Waals surface area contributed by atoms with Gasteiger partial charge >= 0.3 is 5.97 Å². The lowest BCUT2D eigenvalue weighted by molar-refractivity contribution is -0.154. The molecule has 0 saturated carbocycles. The van der Waals surface area contributed by atoms with E-state index in [9.17, 15) is 22.0 Å². The lowest BCUT2D eigenvalue weighted by Gasteiger charge is -2.31. The van der Waals surface area contributed by atoms with Crippen molar-refractivity contribution in [3.8, 4) is 0 Å². The summed E-state index contributed by atoms with van der Waals surface area (Å²) < 4.78 is 59.3. The summed E-state index contributed by atoms with van der Waals surface area (Å²) in [4.78, 5) is 17.0. The van der Waals surface area contributed by atoms with Crippen LogP contribution in [0.3, 0.4) is 0 Å². The van der Waals surface area contributed by atoms with E-state index < -0.39 is 39.6 Å². The van der Waals surface area contributed by atoms with Crippen LogP contribution < -0.4 is 0 Å². The molecule has 0 aliphatic carbocycles. The summed E-state index contributed by atoms with van der Waals surface area (Å²) in [7, 11) is -3.99. The van der Waals surface area contributed by atoms with Crippen molar-refractivity contribution in [1.82, 2.24) is 9.29 Å². The number of nitrogens with zero attached hydrogens (tertiary/aromatic N) is 2. The Morgan fingerprint density at radius 2 is 1.67 bits per heavy atom. The van der Waals surface area contributed by atoms with Crippen LogP contribution in [0.2, 0.25) is 0 Å². The minimum absolute atomic E-state index is 0.0701. The third-order valence-electron chi connectivity index (χ3n) is 5.61. The molecule has 1 saturated heterocycles. The van der Waals surface area contributed by atoms with Gasteiger partial charge in [0.15, 0.2) is 17.7 Å². The number of aromatic nitrogens is 1. The number of rotatable bonds is 6. The number of pyridine rings is 1. The Hall–Kier alpha value is -3.17. The molecule has 4 rings (SSSR count). The maximum atomic E-state index is 13.5. The molecule has 0 bridgehead atoms. The first-order chi connectivity index (χ1) is 15.9. The van der Waals surface area contributed by atoms with Crippen LogP contribution in [0.4, 0.5) is 8.78 Å². The second kappa shape index (κ2) is 9.76. The van der Waals surface area contributed by atoms with Crippen molar-refractivity contribution in [3.05, 3.63) is 95.8 Å². The quantitative estimate of drug-likeness (QED) is 0.505. The first-order valence-corrected chi connectivity index (χ1v) is 11.9. The number of halogens is 2. The van der Waals surface area contributed by atoms with E-state index in [1.807, 2.05) is 36.4 Å². The van der Waals surface area contributed by atoms with E-state index >= 15 is 0 Å². The number of ether oxygens (including phenoxy) is 1. The molecule has 2 aromatic carbocycles. The molecule has 3 aromatic rings. The molecule has 172 valence electrons. The average Bonchev–Trinajstić information content (AvgIpc) is 2.85. The van der Waals surface area contributed by atoms with E-state index in [1.165, 1.54) is 4.31 Å². The van der Waals surface area contributed by atoms with E-state index in [0.717, 1.165) is 17.7 Å². The van der Waals surface area contributed by atoms with Crippen molar-refractivity contribution >= 4 is 16.0 Å². The van der Waals surface area contributed by atoms with Crippen molar-refractivity contribution in [1.29, 1.82) is 0 Å². The van der Waals surface area contributed by atoms with Gasteiger partial charge in [-0.15, -0.1) is 0 Å². The maximum Gasteiger partial charge on any atom is 0.310 e. The molecule has 1 aliphatic rings. The number of hydrogen-bond donors (Lipinski definition) is 0. The summed E-state index contributed by atoms with van der Waals surface area (Å²) in [6.07, 6.45) is 1.46. The zero-order valence-corrected chi connectivity index (χ0v) is 18.4. The molecule has 0 N–H and O–H groups in total. The first-order valence-electron chi connectivity index (χ1n) is 10.5. The molecule has 1 aromatic heterocycles. The molecule has 0 radical (unpaired) electrons. The SMILES string of the molecule is O=C(OC(c1ccccc1)c1ccccn1)C1CCN(S(=O)(=O)c2ccc(F)c(F)c2)CC1. The molecular weight excluding hydrogens is 450 g/mol. The van der Waals surface area contributed by atoms with Crippen LogP contribution in [0, 0.1) is 17.6 Å². The van der Waals surface area contributed by atoms with Gasteiger partial charge in [-0.05, 0) is 48.7 Å². The van der Waals surface area contributed by atoms with Crippen molar-refractivity contribution in [2.24, 2.45) is 5.92 Å². The number of sulfonamides is 1. The Morgan fingerprint density at radius 1 is 0.970 bits per heavy atom. The molecule has 1 fully saturated rings. The fourth-order valence-electron chi connectivity index (χ4n) is 3.79. The smallest absolute Gasteiger partial charge is 0.310 e. The van der Waals surface area contributed by atoms with Crippen LogP contribution in [-0.4, -0.2) is 36.8 Å². The van der Waals surface area contributed by atoms with Crippen LogP contribution in [0.5, 0.6) is 0 Å². The van der Waals surface area contributed by atoms with Crippen LogP contribution in [0.25, 0.3) is 0 Å². The third-order valence-corrected chi connectivity index (χ3v) is 7.50. The second-order valence-corrected chi connectivity index (χ2v) is 9.67. The number of benzene rings is 2. The van der Waals surface area contributed by atoms with Gasteiger partial charge in [0.25, 0.3) is 0 Å². The van der Waals surface area contributed by atoms with Crippen molar-refractivity contribution < 1.29 is 26.7 Å². The minimum atomic E-state index is -3.99. The van der Waals surface area contributed by atoms with E-state index in [2.05, 4.69) is 4.98 Å². The largest absolute Gasteiger partial charge is 0.451 e. The number of piperidine rings is 1. The van der Waals surface area contributed by atoms with E-state index in [1.54, 1.807) is 18.3 Å². The predicted molar refractivity (Wildman–Crippen MR) is 116 cm³/mol. The highest BCUT2D eigenvalue weighted by molar-refractivity contribution is 7.89.